The maximum Gasteiger partial charge on any atom is 0.314 e. The minimum absolute atomic E-state index is 0.100. The molecule has 3 rings (SSSR count). The largest absolute Gasteiger partial charge is 0.497 e. The molecular formula is C18H15NO4S. The minimum Gasteiger partial charge on any atom is -0.497 e. The molecular weight excluding hydrogens is 326 g/mol. The summed E-state index contributed by atoms with van der Waals surface area (Å²) >= 11 is 1.06. The highest BCUT2D eigenvalue weighted by molar-refractivity contribution is 7.99. The summed E-state index contributed by atoms with van der Waals surface area (Å²) in [6, 6.07) is 17.1. The number of carbonyl (C=O) groups is 1. The molecule has 0 saturated heterocycles. The van der Waals surface area contributed by atoms with E-state index in [1.54, 1.807) is 7.11 Å². The number of carboxylic acid groups (broad SMARTS) is 1. The lowest BCUT2D eigenvalue weighted by Crippen LogP contribution is -1.97. The van der Waals surface area contributed by atoms with Gasteiger partial charge in [0.1, 0.15) is 17.2 Å². The Labute approximate surface area is 143 Å². The SMILES string of the molecule is COc1ccc(-c2oc(SCC(=O)O)nc2-c2ccccc2)cc1. The number of benzene rings is 2. The maximum absolute atomic E-state index is 10.8. The van der Waals surface area contributed by atoms with E-state index in [-0.39, 0.29) is 5.75 Å². The van der Waals surface area contributed by atoms with Gasteiger partial charge in [-0.05, 0) is 24.3 Å². The Bertz CT molecular complexity index is 828. The Morgan fingerprint density at radius 2 is 1.83 bits per heavy atom. The minimum atomic E-state index is -0.912. The first kappa shape index (κ1) is 16.1. The molecule has 0 spiro atoms. The number of rotatable bonds is 6. The van der Waals surface area contributed by atoms with Crippen molar-refractivity contribution in [3.63, 3.8) is 0 Å². The molecule has 6 heteroatoms. The summed E-state index contributed by atoms with van der Waals surface area (Å²) < 4.78 is 11.0. The molecule has 5 nitrogen and oxygen atoms in total. The molecule has 0 unspecified atom stereocenters. The fraction of sp³-hybridized carbons (Fsp3) is 0.111. The molecule has 0 amide bonds. The van der Waals surface area contributed by atoms with Crippen LogP contribution in [-0.2, 0) is 4.79 Å². The van der Waals surface area contributed by atoms with Gasteiger partial charge in [-0.3, -0.25) is 4.79 Å². The molecule has 0 saturated carbocycles. The summed E-state index contributed by atoms with van der Waals surface area (Å²) in [5, 5.41) is 9.17. The lowest BCUT2D eigenvalue weighted by molar-refractivity contribution is -0.133. The fourth-order valence-electron chi connectivity index (χ4n) is 2.22. The molecule has 0 radical (unpaired) electrons. The maximum atomic E-state index is 10.8. The number of aliphatic carboxylic acids is 1. The van der Waals surface area contributed by atoms with Crippen molar-refractivity contribution in [2.24, 2.45) is 0 Å². The smallest absolute Gasteiger partial charge is 0.314 e. The topological polar surface area (TPSA) is 72.6 Å². The van der Waals surface area contributed by atoms with Crippen LogP contribution < -0.4 is 4.74 Å². The van der Waals surface area contributed by atoms with Crippen molar-refractivity contribution in [2.75, 3.05) is 12.9 Å². The summed E-state index contributed by atoms with van der Waals surface area (Å²) in [6.45, 7) is 0. The van der Waals surface area contributed by atoms with Gasteiger partial charge in [-0.25, -0.2) is 4.98 Å². The van der Waals surface area contributed by atoms with Crippen LogP contribution in [0.25, 0.3) is 22.6 Å². The van der Waals surface area contributed by atoms with Gasteiger partial charge in [0.25, 0.3) is 5.22 Å². The van der Waals surface area contributed by atoms with E-state index in [0.717, 1.165) is 28.6 Å². The van der Waals surface area contributed by atoms with Crippen molar-refractivity contribution in [2.45, 2.75) is 5.22 Å². The highest BCUT2D eigenvalue weighted by Gasteiger charge is 2.18. The fourth-order valence-corrected chi connectivity index (χ4v) is 2.76. The average Bonchev–Trinajstić information content (AvgIpc) is 3.05. The van der Waals surface area contributed by atoms with E-state index < -0.39 is 5.97 Å². The average molecular weight is 341 g/mol. The zero-order valence-electron chi connectivity index (χ0n) is 12.9. The first-order valence-electron chi connectivity index (χ1n) is 7.22. The second-order valence-electron chi connectivity index (χ2n) is 4.93. The Hall–Kier alpha value is -2.73. The number of carboxylic acids is 1. The van der Waals surface area contributed by atoms with Gasteiger partial charge in [0, 0.05) is 11.1 Å². The molecule has 0 aliphatic heterocycles. The Kier molecular flexibility index (Phi) is 4.86. The predicted octanol–water partition coefficient (Wildman–Crippen LogP) is 4.19. The number of hydrogen-bond acceptors (Lipinski definition) is 5. The molecule has 0 atom stereocenters. The molecule has 24 heavy (non-hydrogen) atoms. The van der Waals surface area contributed by atoms with E-state index in [9.17, 15) is 4.79 Å². The molecule has 3 aromatic rings. The molecule has 1 N–H and O–H groups in total. The Balaban J connectivity index is 2.03. The van der Waals surface area contributed by atoms with Crippen LogP contribution in [0.1, 0.15) is 0 Å². The summed E-state index contributed by atoms with van der Waals surface area (Å²) in [6.07, 6.45) is 0. The van der Waals surface area contributed by atoms with E-state index in [0.29, 0.717) is 16.7 Å². The van der Waals surface area contributed by atoms with E-state index in [1.165, 1.54) is 0 Å². The summed E-state index contributed by atoms with van der Waals surface area (Å²) in [5.41, 5.74) is 2.45. The lowest BCUT2D eigenvalue weighted by atomic mass is 10.1. The number of nitrogens with zero attached hydrogens (tertiary/aromatic N) is 1. The molecule has 0 aliphatic rings. The normalized spacial score (nSPS) is 10.5. The third-order valence-corrected chi connectivity index (χ3v) is 4.14. The second kappa shape index (κ2) is 7.23. The lowest BCUT2D eigenvalue weighted by Gasteiger charge is -2.03. The van der Waals surface area contributed by atoms with Crippen LogP contribution in [0.3, 0.4) is 0 Å². The third-order valence-electron chi connectivity index (χ3n) is 3.33. The highest BCUT2D eigenvalue weighted by Crippen LogP contribution is 2.36. The number of thioether (sulfide) groups is 1. The van der Waals surface area contributed by atoms with Crippen LogP contribution in [0.15, 0.2) is 64.2 Å². The second-order valence-corrected chi connectivity index (χ2v) is 5.86. The van der Waals surface area contributed by atoms with E-state index in [2.05, 4.69) is 4.98 Å². The molecule has 1 heterocycles. The third kappa shape index (κ3) is 3.60. The van der Waals surface area contributed by atoms with Crippen molar-refractivity contribution >= 4 is 17.7 Å². The Morgan fingerprint density at radius 1 is 1.12 bits per heavy atom. The van der Waals surface area contributed by atoms with Crippen molar-refractivity contribution in [1.29, 1.82) is 0 Å². The van der Waals surface area contributed by atoms with Crippen molar-refractivity contribution < 1.29 is 19.1 Å². The summed E-state index contributed by atoms with van der Waals surface area (Å²) in [5.74, 6) is 0.346. The monoisotopic (exact) mass is 341 g/mol. The molecule has 2 aromatic carbocycles. The molecule has 0 aliphatic carbocycles. The highest BCUT2D eigenvalue weighted by atomic mass is 32.2. The number of oxazole rings is 1. The van der Waals surface area contributed by atoms with Crippen molar-refractivity contribution in [3.05, 3.63) is 54.6 Å². The van der Waals surface area contributed by atoms with Gasteiger partial charge >= 0.3 is 5.97 Å². The predicted molar refractivity (Wildman–Crippen MR) is 92.3 cm³/mol. The van der Waals surface area contributed by atoms with Gasteiger partial charge in [0.15, 0.2) is 5.76 Å². The van der Waals surface area contributed by atoms with Crippen LogP contribution in [0.2, 0.25) is 0 Å². The van der Waals surface area contributed by atoms with Gasteiger partial charge in [-0.15, -0.1) is 0 Å². The number of hydrogen-bond donors (Lipinski definition) is 1. The first-order valence-corrected chi connectivity index (χ1v) is 8.21. The van der Waals surface area contributed by atoms with Gasteiger partial charge < -0.3 is 14.3 Å². The molecule has 122 valence electrons. The number of methoxy groups -OCH3 is 1. The van der Waals surface area contributed by atoms with Crippen LogP contribution in [0.5, 0.6) is 5.75 Å². The van der Waals surface area contributed by atoms with E-state index in [4.69, 9.17) is 14.3 Å². The number of ether oxygens (including phenoxy) is 1. The van der Waals surface area contributed by atoms with Crippen LogP contribution in [-0.4, -0.2) is 28.9 Å². The molecule has 0 fully saturated rings. The Morgan fingerprint density at radius 3 is 2.46 bits per heavy atom. The van der Waals surface area contributed by atoms with E-state index in [1.807, 2.05) is 54.6 Å². The zero-order valence-corrected chi connectivity index (χ0v) is 13.7. The number of aromatic nitrogens is 1. The van der Waals surface area contributed by atoms with Crippen molar-refractivity contribution in [3.8, 4) is 28.3 Å². The van der Waals surface area contributed by atoms with Gasteiger partial charge in [-0.1, -0.05) is 42.1 Å². The van der Waals surface area contributed by atoms with Crippen LogP contribution in [0, 0.1) is 0 Å². The van der Waals surface area contributed by atoms with Gasteiger partial charge in [0.05, 0.1) is 7.11 Å². The summed E-state index contributed by atoms with van der Waals surface area (Å²) in [7, 11) is 1.61. The van der Waals surface area contributed by atoms with Gasteiger partial charge in [-0.2, -0.15) is 0 Å². The molecule has 1 aromatic heterocycles. The first-order chi connectivity index (χ1) is 11.7. The van der Waals surface area contributed by atoms with Crippen LogP contribution in [0.4, 0.5) is 0 Å². The standard InChI is InChI=1S/C18H15NO4S/c1-22-14-9-7-13(8-10-14)17-16(12-5-3-2-4-6-12)19-18(23-17)24-11-15(20)21/h2-10H,11H2,1H3,(H,20,21). The zero-order chi connectivity index (χ0) is 16.9. The van der Waals surface area contributed by atoms with Crippen LogP contribution >= 0.6 is 11.8 Å². The van der Waals surface area contributed by atoms with Gasteiger partial charge in [0.2, 0.25) is 0 Å². The summed E-state index contributed by atoms with van der Waals surface area (Å²) in [4.78, 5) is 15.2. The molecule has 0 bridgehead atoms. The van der Waals surface area contributed by atoms with E-state index >= 15 is 0 Å². The van der Waals surface area contributed by atoms with Crippen molar-refractivity contribution in [1.82, 2.24) is 4.98 Å². The quantitative estimate of drug-likeness (QED) is 0.678.